The van der Waals surface area contributed by atoms with E-state index in [1.165, 1.54) is 0 Å². The van der Waals surface area contributed by atoms with Crippen molar-refractivity contribution in [3.05, 3.63) is 24.3 Å². The number of para-hydroxylation sites is 2. The number of benzene rings is 1. The third-order valence-corrected chi connectivity index (χ3v) is 4.78. The van der Waals surface area contributed by atoms with Gasteiger partial charge in [0.05, 0.1) is 12.7 Å². The molecule has 1 amide bonds. The number of ether oxygens (including phenoxy) is 2. The van der Waals surface area contributed by atoms with Crippen molar-refractivity contribution in [3.63, 3.8) is 0 Å². The molecule has 0 aliphatic carbocycles. The van der Waals surface area contributed by atoms with Crippen molar-refractivity contribution in [1.82, 2.24) is 4.90 Å². The van der Waals surface area contributed by atoms with E-state index < -0.39 is 11.2 Å². The van der Waals surface area contributed by atoms with E-state index in [0.29, 0.717) is 24.6 Å². The molecule has 1 saturated heterocycles. The lowest BCUT2D eigenvalue weighted by Gasteiger charge is -2.31. The van der Waals surface area contributed by atoms with E-state index >= 15 is 0 Å². The summed E-state index contributed by atoms with van der Waals surface area (Å²) in [5, 5.41) is 10.5. The van der Waals surface area contributed by atoms with Gasteiger partial charge in [-0.05, 0) is 32.9 Å². The van der Waals surface area contributed by atoms with Crippen LogP contribution in [0.3, 0.4) is 0 Å². The summed E-state index contributed by atoms with van der Waals surface area (Å²) in [5.41, 5.74) is -2.32. The first kappa shape index (κ1) is 17.6. The van der Waals surface area contributed by atoms with Gasteiger partial charge in [0.25, 0.3) is 5.91 Å². The van der Waals surface area contributed by atoms with Gasteiger partial charge in [0.15, 0.2) is 17.1 Å². The minimum absolute atomic E-state index is 0.144. The summed E-state index contributed by atoms with van der Waals surface area (Å²) in [4.78, 5) is 14.6. The number of nitrogens with zero attached hydrogens (tertiary/aromatic N) is 1. The number of likely N-dealkylation sites (tertiary alicyclic amines) is 1. The lowest BCUT2D eigenvalue weighted by Crippen LogP contribution is -2.49. The number of hydrogen-bond donors (Lipinski definition) is 1. The van der Waals surface area contributed by atoms with Gasteiger partial charge in [-0.2, -0.15) is 0 Å². The topological polar surface area (TPSA) is 59.0 Å². The smallest absolute Gasteiger partial charge is 0.266 e. The predicted molar refractivity (Wildman–Crippen MR) is 88.7 cm³/mol. The van der Waals surface area contributed by atoms with Gasteiger partial charge in [-0.25, -0.2) is 0 Å². The first-order valence-corrected chi connectivity index (χ1v) is 7.84. The Morgan fingerprint density at radius 2 is 1.74 bits per heavy atom. The predicted octanol–water partition coefficient (Wildman–Crippen LogP) is 2.47. The summed E-state index contributed by atoms with van der Waals surface area (Å²) in [5.74, 6) is 0.968. The molecule has 0 unspecified atom stereocenters. The number of amides is 1. The van der Waals surface area contributed by atoms with Crippen molar-refractivity contribution in [2.75, 3.05) is 20.2 Å². The van der Waals surface area contributed by atoms with Crippen LogP contribution in [0, 0.1) is 5.41 Å². The van der Waals surface area contributed by atoms with Crippen LogP contribution < -0.4 is 9.47 Å². The van der Waals surface area contributed by atoms with Crippen LogP contribution in [0.4, 0.5) is 0 Å². The molecule has 1 aromatic carbocycles. The zero-order chi connectivity index (χ0) is 17.5. The second-order valence-corrected chi connectivity index (χ2v) is 7.58. The molecule has 1 aliphatic rings. The zero-order valence-corrected chi connectivity index (χ0v) is 14.8. The molecule has 5 heteroatoms. The molecule has 1 atom stereocenters. The van der Waals surface area contributed by atoms with Crippen molar-refractivity contribution in [3.8, 4) is 11.5 Å². The van der Waals surface area contributed by atoms with Gasteiger partial charge in [0, 0.05) is 18.5 Å². The summed E-state index contributed by atoms with van der Waals surface area (Å²) >= 11 is 0. The summed E-state index contributed by atoms with van der Waals surface area (Å²) in [6.45, 7) is 9.98. The van der Waals surface area contributed by atoms with Crippen LogP contribution in [0.25, 0.3) is 0 Å². The summed E-state index contributed by atoms with van der Waals surface area (Å²) in [6, 6.07) is 7.25. The van der Waals surface area contributed by atoms with E-state index in [-0.39, 0.29) is 11.3 Å². The largest absolute Gasteiger partial charge is 0.493 e. The van der Waals surface area contributed by atoms with Crippen LogP contribution >= 0.6 is 0 Å². The third kappa shape index (κ3) is 3.29. The highest BCUT2D eigenvalue weighted by molar-refractivity contribution is 5.85. The van der Waals surface area contributed by atoms with Gasteiger partial charge in [0.2, 0.25) is 0 Å². The Morgan fingerprint density at radius 1 is 1.17 bits per heavy atom. The van der Waals surface area contributed by atoms with E-state index in [0.717, 1.165) is 0 Å². The van der Waals surface area contributed by atoms with E-state index in [2.05, 4.69) is 0 Å². The van der Waals surface area contributed by atoms with Gasteiger partial charge in [0.1, 0.15) is 0 Å². The Kier molecular flexibility index (Phi) is 4.37. The molecule has 2 rings (SSSR count). The third-order valence-electron chi connectivity index (χ3n) is 4.78. The molecular formula is C18H27NO4. The van der Waals surface area contributed by atoms with Crippen LogP contribution in [0.2, 0.25) is 0 Å². The van der Waals surface area contributed by atoms with Crippen molar-refractivity contribution < 1.29 is 19.4 Å². The fraction of sp³-hybridized carbons (Fsp3) is 0.611. The van der Waals surface area contributed by atoms with E-state index in [1.54, 1.807) is 44.9 Å². The Hall–Kier alpha value is -1.75. The Bertz CT molecular complexity index is 576. The maximum atomic E-state index is 12.9. The maximum absolute atomic E-state index is 12.9. The second-order valence-electron chi connectivity index (χ2n) is 7.58. The van der Waals surface area contributed by atoms with Crippen LogP contribution in [0.1, 0.15) is 34.6 Å². The molecule has 1 heterocycles. The number of carbonyl (C=O) groups is 1. The van der Waals surface area contributed by atoms with Crippen molar-refractivity contribution in [2.45, 2.75) is 45.8 Å². The van der Waals surface area contributed by atoms with Gasteiger partial charge in [-0.15, -0.1) is 0 Å². The summed E-state index contributed by atoms with van der Waals surface area (Å²) < 4.78 is 11.2. The van der Waals surface area contributed by atoms with Crippen molar-refractivity contribution in [2.24, 2.45) is 5.41 Å². The highest BCUT2D eigenvalue weighted by atomic mass is 16.5. The molecule has 128 valence electrons. The van der Waals surface area contributed by atoms with Crippen LogP contribution in [0.15, 0.2) is 24.3 Å². The lowest BCUT2D eigenvalue weighted by molar-refractivity contribution is -0.145. The molecule has 23 heavy (non-hydrogen) atoms. The molecule has 0 saturated carbocycles. The fourth-order valence-corrected chi connectivity index (χ4v) is 2.84. The lowest BCUT2D eigenvalue weighted by atomic mass is 9.79. The van der Waals surface area contributed by atoms with Crippen LogP contribution in [0.5, 0.6) is 11.5 Å². The highest BCUT2D eigenvalue weighted by Gasteiger charge is 2.51. The van der Waals surface area contributed by atoms with Crippen molar-refractivity contribution in [1.29, 1.82) is 0 Å². The van der Waals surface area contributed by atoms with E-state index in [4.69, 9.17) is 9.47 Å². The standard InChI is InChI=1S/C18H27NO4/c1-16(2)11-19(12-18(16,5)21)15(20)17(3,4)23-14-10-8-7-9-13(14)22-6/h7-10,21H,11-12H2,1-6H3/t18-/m0/s1. The molecule has 1 N–H and O–H groups in total. The monoisotopic (exact) mass is 321 g/mol. The van der Waals surface area contributed by atoms with Gasteiger partial charge >= 0.3 is 0 Å². The molecule has 0 spiro atoms. The van der Waals surface area contributed by atoms with Gasteiger partial charge in [-0.3, -0.25) is 4.79 Å². The van der Waals surface area contributed by atoms with E-state index in [1.807, 2.05) is 26.0 Å². The van der Waals surface area contributed by atoms with Crippen LogP contribution in [-0.4, -0.2) is 47.3 Å². The number of hydrogen-bond acceptors (Lipinski definition) is 4. The minimum Gasteiger partial charge on any atom is -0.493 e. The molecular weight excluding hydrogens is 294 g/mol. The normalized spacial score (nSPS) is 23.7. The van der Waals surface area contributed by atoms with Gasteiger partial charge in [-0.1, -0.05) is 26.0 Å². The molecule has 0 aromatic heterocycles. The first-order valence-electron chi connectivity index (χ1n) is 7.84. The maximum Gasteiger partial charge on any atom is 0.266 e. The van der Waals surface area contributed by atoms with Crippen LogP contribution in [-0.2, 0) is 4.79 Å². The first-order chi connectivity index (χ1) is 10.5. The number of rotatable bonds is 4. The minimum atomic E-state index is -1.05. The van der Waals surface area contributed by atoms with Crippen molar-refractivity contribution >= 4 is 5.91 Å². The number of β-amino-alcohol motifs (C(OH)–C–C–N with tert-alkyl or cyclic N) is 1. The average molecular weight is 321 g/mol. The molecule has 0 bridgehead atoms. The number of aliphatic hydroxyl groups is 1. The molecule has 5 nitrogen and oxygen atoms in total. The molecule has 0 radical (unpaired) electrons. The number of carbonyl (C=O) groups excluding carboxylic acids is 1. The van der Waals surface area contributed by atoms with Gasteiger partial charge < -0.3 is 19.5 Å². The Balaban J connectivity index is 2.18. The fourth-order valence-electron chi connectivity index (χ4n) is 2.84. The zero-order valence-electron chi connectivity index (χ0n) is 14.8. The highest BCUT2D eigenvalue weighted by Crippen LogP contribution is 2.40. The summed E-state index contributed by atoms with van der Waals surface area (Å²) in [7, 11) is 1.57. The molecule has 1 aromatic rings. The SMILES string of the molecule is COc1ccccc1OC(C)(C)C(=O)N1CC(C)(C)[C@@](C)(O)C1. The Morgan fingerprint density at radius 3 is 2.22 bits per heavy atom. The van der Waals surface area contributed by atoms with E-state index in [9.17, 15) is 9.90 Å². The summed E-state index contributed by atoms with van der Waals surface area (Å²) in [6.07, 6.45) is 0. The molecule has 1 aliphatic heterocycles. The second kappa shape index (κ2) is 5.71. The Labute approximate surface area is 138 Å². The quantitative estimate of drug-likeness (QED) is 0.925. The average Bonchev–Trinajstić information content (AvgIpc) is 2.66. The molecule has 1 fully saturated rings. The number of methoxy groups -OCH3 is 1.